The summed E-state index contributed by atoms with van der Waals surface area (Å²) >= 11 is 0. The van der Waals surface area contributed by atoms with Gasteiger partial charge in [0.25, 0.3) is 5.91 Å². The molecule has 0 aromatic heterocycles. The molecule has 0 aromatic rings. The minimum Gasteiger partial charge on any atom is -0.346 e. The molecule has 1 unspecified atom stereocenters. The number of hydrogen-bond donors (Lipinski definition) is 4. The van der Waals surface area contributed by atoms with Crippen molar-refractivity contribution < 1.29 is 32.4 Å². The number of carbonyl (C=O) groups is 5. The van der Waals surface area contributed by atoms with Crippen LogP contribution >= 0.6 is 0 Å². The van der Waals surface area contributed by atoms with Gasteiger partial charge in [-0.15, -0.1) is 6.58 Å². The van der Waals surface area contributed by atoms with Crippen LogP contribution in [0.5, 0.6) is 0 Å². The Morgan fingerprint density at radius 3 is 2.08 bits per heavy atom. The van der Waals surface area contributed by atoms with Crippen LogP contribution in [0.3, 0.4) is 0 Å². The first kappa shape index (κ1) is 39.8. The predicted octanol–water partition coefficient (Wildman–Crippen LogP) is 3.65. The third-order valence-corrected chi connectivity index (χ3v) is 14.6. The van der Waals surface area contributed by atoms with Crippen LogP contribution in [0.1, 0.15) is 113 Å². The lowest BCUT2D eigenvalue weighted by atomic mass is 9.80. The second kappa shape index (κ2) is 14.6. The smallest absolute Gasteiger partial charge is 0.315 e. The molecule has 282 valence electrons. The highest BCUT2D eigenvalue weighted by atomic mass is 32.2. The lowest BCUT2D eigenvalue weighted by Gasteiger charge is -2.41. The zero-order chi connectivity index (χ0) is 37.4. The molecule has 4 aliphatic rings. The minimum absolute atomic E-state index is 0.0569. The number of Topliss-reactive ketones (excluding diaryl/α,β-unsaturated/α-hetero) is 1. The molecule has 4 N–H and O–H groups in total. The van der Waals surface area contributed by atoms with Crippen LogP contribution in [0.25, 0.3) is 0 Å². The van der Waals surface area contributed by atoms with Crippen molar-refractivity contribution in [3.63, 3.8) is 0 Å². The Labute approximate surface area is 299 Å². The van der Waals surface area contributed by atoms with Crippen molar-refractivity contribution in [2.24, 2.45) is 28.6 Å². The Morgan fingerprint density at radius 2 is 1.56 bits per heavy atom. The van der Waals surface area contributed by atoms with E-state index in [1.54, 1.807) is 20.8 Å². The summed E-state index contributed by atoms with van der Waals surface area (Å²) in [5, 5.41) is 11.3. The van der Waals surface area contributed by atoms with Gasteiger partial charge in [-0.25, -0.2) is 13.2 Å². The summed E-state index contributed by atoms with van der Waals surface area (Å²) in [6, 6.07) is -3.55. The van der Waals surface area contributed by atoms with Crippen LogP contribution in [0.15, 0.2) is 12.7 Å². The largest absolute Gasteiger partial charge is 0.346 e. The maximum atomic E-state index is 14.5. The zero-order valence-corrected chi connectivity index (χ0v) is 32.3. The third kappa shape index (κ3) is 8.56. The van der Waals surface area contributed by atoms with Crippen LogP contribution in [-0.2, 0) is 29.0 Å². The summed E-state index contributed by atoms with van der Waals surface area (Å²) in [6.07, 6.45) is 8.25. The molecule has 5 amide bonds. The Bertz CT molecular complexity index is 1450. The number of hydrogen-bond acceptors (Lipinski definition) is 7. The molecule has 0 aromatic carbocycles. The van der Waals surface area contributed by atoms with Crippen LogP contribution < -0.4 is 21.3 Å². The van der Waals surface area contributed by atoms with E-state index in [1.165, 1.54) is 11.0 Å². The summed E-state index contributed by atoms with van der Waals surface area (Å²) in [6.45, 7) is 18.6. The predicted molar refractivity (Wildman–Crippen MR) is 193 cm³/mol. The first-order chi connectivity index (χ1) is 23.0. The molecule has 0 spiro atoms. The van der Waals surface area contributed by atoms with Crippen molar-refractivity contribution in [2.45, 2.75) is 142 Å². The number of carbonyl (C=O) groups excluding carboxylic acids is 5. The standard InChI is InChI=1S/C37H61N5O7S/c1-10-19-38-31(45)28(43)25(20-23-15-14-16-23)39-30(44)27-26-24(36(26,8)9)21-42(27)32(46)29(34(2,3)4)40-33(47)41-37(17-12-11-13-18-37)22-50(48,49)35(5,6)7/h10,23-27,29H,1,11-22H2,2-9H3,(H,38,45)(H,39,44)(H2,40,41,47)/t24-,25?,26-,27-,29+/m0/s1. The molecule has 12 nitrogen and oxygen atoms in total. The van der Waals surface area contributed by atoms with Crippen LogP contribution in [0.2, 0.25) is 0 Å². The van der Waals surface area contributed by atoms with E-state index in [-0.39, 0.29) is 35.5 Å². The summed E-state index contributed by atoms with van der Waals surface area (Å²) < 4.78 is 25.7. The van der Waals surface area contributed by atoms with E-state index in [1.807, 2.05) is 20.8 Å². The second-order valence-electron chi connectivity index (χ2n) is 18.0. The highest BCUT2D eigenvalue weighted by Crippen LogP contribution is 2.65. The van der Waals surface area contributed by atoms with Gasteiger partial charge in [0.05, 0.1) is 22.1 Å². The number of urea groups is 1. The van der Waals surface area contributed by atoms with Gasteiger partial charge in [0, 0.05) is 13.1 Å². The number of amides is 5. The molecule has 1 aliphatic heterocycles. The van der Waals surface area contributed by atoms with Gasteiger partial charge in [-0.05, 0) is 68.6 Å². The fraction of sp³-hybridized carbons (Fsp3) is 0.811. The number of nitrogens with one attached hydrogen (secondary N) is 4. The van der Waals surface area contributed by atoms with Gasteiger partial charge >= 0.3 is 6.03 Å². The summed E-state index contributed by atoms with van der Waals surface area (Å²) in [5.74, 6) is -2.45. The lowest BCUT2D eigenvalue weighted by Crippen LogP contribution is -2.64. The average Bonchev–Trinajstić information content (AvgIpc) is 3.29. The lowest BCUT2D eigenvalue weighted by molar-refractivity contribution is -0.145. The number of rotatable bonds is 13. The van der Waals surface area contributed by atoms with E-state index >= 15 is 0 Å². The highest BCUT2D eigenvalue weighted by molar-refractivity contribution is 7.92. The van der Waals surface area contributed by atoms with Crippen molar-refractivity contribution in [1.29, 1.82) is 0 Å². The van der Waals surface area contributed by atoms with Crippen molar-refractivity contribution in [3.05, 3.63) is 12.7 Å². The number of sulfone groups is 1. The van der Waals surface area contributed by atoms with Gasteiger partial charge in [0.1, 0.15) is 12.1 Å². The van der Waals surface area contributed by atoms with E-state index in [9.17, 15) is 32.4 Å². The van der Waals surface area contributed by atoms with Crippen molar-refractivity contribution in [2.75, 3.05) is 18.8 Å². The topological polar surface area (TPSA) is 171 Å². The summed E-state index contributed by atoms with van der Waals surface area (Å²) in [7, 11) is -3.56. The van der Waals surface area contributed by atoms with E-state index in [0.717, 1.165) is 38.5 Å². The molecule has 1 heterocycles. The summed E-state index contributed by atoms with van der Waals surface area (Å²) in [4.78, 5) is 69.9. The molecule has 5 atom stereocenters. The molecule has 0 radical (unpaired) electrons. The minimum atomic E-state index is -3.56. The first-order valence-electron chi connectivity index (χ1n) is 18.4. The van der Waals surface area contributed by atoms with Gasteiger partial charge in [0.2, 0.25) is 17.6 Å². The fourth-order valence-corrected chi connectivity index (χ4v) is 9.63. The maximum absolute atomic E-state index is 14.5. The average molecular weight is 720 g/mol. The molecular formula is C37H61N5O7S. The van der Waals surface area contributed by atoms with Gasteiger partial charge < -0.3 is 26.2 Å². The van der Waals surface area contributed by atoms with Gasteiger partial charge in [0.15, 0.2) is 9.84 Å². The van der Waals surface area contributed by atoms with Gasteiger partial charge in [-0.1, -0.05) is 79.2 Å². The highest BCUT2D eigenvalue weighted by Gasteiger charge is 2.70. The number of fused-ring (bicyclic) bond motifs is 1. The molecule has 4 fully saturated rings. The number of likely N-dealkylation sites (tertiary alicyclic amines) is 1. The third-order valence-electron chi connectivity index (χ3n) is 11.8. The number of nitrogens with zero attached hydrogens (tertiary/aromatic N) is 1. The van der Waals surface area contributed by atoms with Crippen LogP contribution in [-0.4, -0.2) is 90.1 Å². The summed E-state index contributed by atoms with van der Waals surface area (Å²) in [5.41, 5.74) is -1.93. The maximum Gasteiger partial charge on any atom is 0.315 e. The van der Waals surface area contributed by atoms with E-state index in [0.29, 0.717) is 25.8 Å². The molecule has 3 saturated carbocycles. The van der Waals surface area contributed by atoms with Crippen LogP contribution in [0, 0.1) is 28.6 Å². The molecule has 13 heteroatoms. The number of ketones is 1. The van der Waals surface area contributed by atoms with Crippen molar-refractivity contribution >= 4 is 39.4 Å². The molecular weight excluding hydrogens is 659 g/mol. The Morgan fingerprint density at radius 1 is 0.940 bits per heavy atom. The molecule has 3 aliphatic carbocycles. The second-order valence-corrected chi connectivity index (χ2v) is 20.7. The van der Waals surface area contributed by atoms with E-state index in [4.69, 9.17) is 0 Å². The monoisotopic (exact) mass is 719 g/mol. The van der Waals surface area contributed by atoms with Crippen LogP contribution in [0.4, 0.5) is 4.79 Å². The van der Waals surface area contributed by atoms with E-state index in [2.05, 4.69) is 41.7 Å². The van der Waals surface area contributed by atoms with Gasteiger partial charge in [-0.3, -0.25) is 19.2 Å². The first-order valence-corrected chi connectivity index (χ1v) is 20.0. The SMILES string of the molecule is C=CCNC(=O)C(=O)C(CC1CCC1)NC(=O)[C@@H]1[C@@H]2[C@H](CN1C(=O)[C@@H](NC(=O)NC1(CS(=O)(=O)C(C)(C)C)CCCCC1)C(C)(C)C)C2(C)C. The normalized spacial score (nSPS) is 25.6. The molecule has 1 saturated heterocycles. The Hall–Kier alpha value is -2.96. The number of piperidine rings is 1. The van der Waals surface area contributed by atoms with E-state index < -0.39 is 73.2 Å². The van der Waals surface area contributed by atoms with Gasteiger partial charge in [-0.2, -0.15) is 0 Å². The fourth-order valence-electron chi connectivity index (χ4n) is 8.11. The zero-order valence-electron chi connectivity index (χ0n) is 31.4. The quantitative estimate of drug-likeness (QED) is 0.166. The Kier molecular flexibility index (Phi) is 11.6. The molecule has 50 heavy (non-hydrogen) atoms. The molecule has 0 bridgehead atoms. The van der Waals surface area contributed by atoms with Crippen molar-refractivity contribution in [3.8, 4) is 0 Å². The molecule has 4 rings (SSSR count). The van der Waals surface area contributed by atoms with Crippen molar-refractivity contribution in [1.82, 2.24) is 26.2 Å². The Balaban J connectivity index is 1.55.